The molecule has 0 aromatic rings. The van der Waals surface area contributed by atoms with Crippen molar-refractivity contribution in [2.24, 2.45) is 5.73 Å². The topological polar surface area (TPSA) is 46.3 Å². The van der Waals surface area contributed by atoms with Crippen molar-refractivity contribution in [1.82, 2.24) is 4.90 Å². The van der Waals surface area contributed by atoms with Crippen LogP contribution in [0.25, 0.3) is 0 Å². The Balaban J connectivity index is 2.00. The summed E-state index contributed by atoms with van der Waals surface area (Å²) in [7, 11) is 0. The zero-order valence-corrected chi connectivity index (χ0v) is 10.6. The summed E-state index contributed by atoms with van der Waals surface area (Å²) in [5.41, 5.74) is 5.78. The summed E-state index contributed by atoms with van der Waals surface area (Å²) in [6.07, 6.45) is 7.82. The third kappa shape index (κ3) is 5.08. The minimum absolute atomic E-state index is 0.206. The molecule has 1 atom stereocenters. The number of carbonyl (C=O) groups excluding carboxylic acids is 1. The van der Waals surface area contributed by atoms with Gasteiger partial charge in [-0.25, -0.2) is 0 Å². The zero-order chi connectivity index (χ0) is 11.8. The van der Waals surface area contributed by atoms with Crippen LogP contribution in [0.5, 0.6) is 0 Å². The molecular formula is C13H26N2O. The molecule has 0 aliphatic carbocycles. The smallest absolute Gasteiger partial charge is 0.149 e. The van der Waals surface area contributed by atoms with Gasteiger partial charge in [0.2, 0.25) is 0 Å². The Kier molecular flexibility index (Phi) is 6.65. The van der Waals surface area contributed by atoms with E-state index in [1.54, 1.807) is 0 Å². The molecule has 0 saturated carbocycles. The minimum Gasteiger partial charge on any atom is -0.322 e. The lowest BCUT2D eigenvalue weighted by Gasteiger charge is -2.26. The maximum atomic E-state index is 11.3. The molecule has 1 heterocycles. The second kappa shape index (κ2) is 7.80. The molecule has 0 aromatic heterocycles. The van der Waals surface area contributed by atoms with Crippen molar-refractivity contribution in [3.05, 3.63) is 0 Å². The van der Waals surface area contributed by atoms with Gasteiger partial charge in [-0.05, 0) is 45.3 Å². The normalized spacial score (nSPS) is 19.6. The maximum Gasteiger partial charge on any atom is 0.149 e. The molecule has 94 valence electrons. The molecule has 16 heavy (non-hydrogen) atoms. The summed E-state index contributed by atoms with van der Waals surface area (Å²) in [6, 6.07) is -0.216. The summed E-state index contributed by atoms with van der Waals surface area (Å²) >= 11 is 0. The standard InChI is InChI=1S/C13H26N2O/c1-2-13(16)12(14)8-4-7-11-15-9-5-3-6-10-15/h12H,2-11,14H2,1H3/t12-/m0/s1. The molecule has 0 unspecified atom stereocenters. The summed E-state index contributed by atoms with van der Waals surface area (Å²) < 4.78 is 0. The molecule has 1 aliphatic rings. The number of hydrogen-bond donors (Lipinski definition) is 1. The quantitative estimate of drug-likeness (QED) is 0.675. The number of hydrogen-bond acceptors (Lipinski definition) is 3. The number of Topliss-reactive ketones (excluding diaryl/α,β-unsaturated/α-hetero) is 1. The van der Waals surface area contributed by atoms with Gasteiger partial charge in [0, 0.05) is 6.42 Å². The first-order chi connectivity index (χ1) is 7.74. The van der Waals surface area contributed by atoms with Crippen LogP contribution >= 0.6 is 0 Å². The third-order valence-corrected chi connectivity index (χ3v) is 3.45. The molecule has 2 N–H and O–H groups in total. The van der Waals surface area contributed by atoms with Crippen LogP contribution in [-0.2, 0) is 4.79 Å². The summed E-state index contributed by atoms with van der Waals surface area (Å²) in [5, 5.41) is 0. The number of unbranched alkanes of at least 4 members (excludes halogenated alkanes) is 1. The number of carbonyl (C=O) groups is 1. The fourth-order valence-electron chi connectivity index (χ4n) is 2.31. The van der Waals surface area contributed by atoms with E-state index in [1.807, 2.05) is 6.92 Å². The van der Waals surface area contributed by atoms with Crippen molar-refractivity contribution >= 4 is 5.78 Å². The first-order valence-corrected chi connectivity index (χ1v) is 6.74. The lowest BCUT2D eigenvalue weighted by atomic mass is 10.0. The Morgan fingerprint density at radius 2 is 1.94 bits per heavy atom. The molecule has 0 amide bonds. The molecular weight excluding hydrogens is 200 g/mol. The van der Waals surface area contributed by atoms with Gasteiger partial charge in [-0.3, -0.25) is 4.79 Å². The highest BCUT2D eigenvalue weighted by Gasteiger charge is 2.12. The van der Waals surface area contributed by atoms with Gasteiger partial charge in [-0.1, -0.05) is 19.8 Å². The number of rotatable bonds is 7. The second-order valence-electron chi connectivity index (χ2n) is 4.82. The Morgan fingerprint density at radius 1 is 1.25 bits per heavy atom. The summed E-state index contributed by atoms with van der Waals surface area (Å²) in [5.74, 6) is 0.206. The van der Waals surface area contributed by atoms with Crippen LogP contribution in [-0.4, -0.2) is 36.4 Å². The molecule has 0 bridgehead atoms. The Bertz CT molecular complexity index is 200. The van der Waals surface area contributed by atoms with Crippen LogP contribution in [0, 0.1) is 0 Å². The van der Waals surface area contributed by atoms with Gasteiger partial charge in [-0.15, -0.1) is 0 Å². The van der Waals surface area contributed by atoms with Crippen LogP contribution in [0.1, 0.15) is 51.9 Å². The maximum absolute atomic E-state index is 11.3. The summed E-state index contributed by atoms with van der Waals surface area (Å²) in [6.45, 7) is 5.60. The number of ketones is 1. The average Bonchev–Trinajstić information content (AvgIpc) is 2.34. The van der Waals surface area contributed by atoms with Crippen molar-refractivity contribution in [3.63, 3.8) is 0 Å². The predicted octanol–water partition coefficient (Wildman–Crippen LogP) is 1.95. The van der Waals surface area contributed by atoms with E-state index in [4.69, 9.17) is 5.73 Å². The van der Waals surface area contributed by atoms with Crippen molar-refractivity contribution in [3.8, 4) is 0 Å². The van der Waals surface area contributed by atoms with Gasteiger partial charge in [0.15, 0.2) is 0 Å². The van der Waals surface area contributed by atoms with E-state index in [2.05, 4.69) is 4.90 Å². The van der Waals surface area contributed by atoms with Crippen molar-refractivity contribution < 1.29 is 4.79 Å². The van der Waals surface area contributed by atoms with Crippen molar-refractivity contribution in [1.29, 1.82) is 0 Å². The monoisotopic (exact) mass is 226 g/mol. The minimum atomic E-state index is -0.216. The van der Waals surface area contributed by atoms with E-state index in [1.165, 1.54) is 45.3 Å². The zero-order valence-electron chi connectivity index (χ0n) is 10.6. The molecule has 1 rings (SSSR count). The van der Waals surface area contributed by atoms with Gasteiger partial charge in [0.25, 0.3) is 0 Å². The molecule has 3 nitrogen and oxygen atoms in total. The van der Waals surface area contributed by atoms with Crippen LogP contribution in [0.15, 0.2) is 0 Å². The van der Waals surface area contributed by atoms with Gasteiger partial charge in [0.1, 0.15) is 5.78 Å². The van der Waals surface area contributed by atoms with E-state index in [9.17, 15) is 4.79 Å². The van der Waals surface area contributed by atoms with Crippen LogP contribution in [0.2, 0.25) is 0 Å². The van der Waals surface area contributed by atoms with Crippen molar-refractivity contribution in [2.75, 3.05) is 19.6 Å². The second-order valence-corrected chi connectivity index (χ2v) is 4.82. The lowest BCUT2D eigenvalue weighted by molar-refractivity contribution is -0.120. The highest BCUT2D eigenvalue weighted by molar-refractivity contribution is 5.83. The molecule has 0 radical (unpaired) electrons. The molecule has 1 fully saturated rings. The van der Waals surface area contributed by atoms with Gasteiger partial charge >= 0.3 is 0 Å². The number of likely N-dealkylation sites (tertiary alicyclic amines) is 1. The number of nitrogens with zero attached hydrogens (tertiary/aromatic N) is 1. The molecule has 0 aromatic carbocycles. The van der Waals surface area contributed by atoms with E-state index in [0.29, 0.717) is 6.42 Å². The SMILES string of the molecule is CCC(=O)[C@@H](N)CCCCN1CCCCC1. The lowest BCUT2D eigenvalue weighted by Crippen LogP contribution is -2.32. The van der Waals surface area contributed by atoms with Gasteiger partial charge in [0.05, 0.1) is 6.04 Å². The fraction of sp³-hybridized carbons (Fsp3) is 0.923. The Hall–Kier alpha value is -0.410. The van der Waals surface area contributed by atoms with Crippen LogP contribution in [0.4, 0.5) is 0 Å². The predicted molar refractivity (Wildman–Crippen MR) is 67.4 cm³/mol. The van der Waals surface area contributed by atoms with Gasteiger partial charge in [-0.2, -0.15) is 0 Å². The van der Waals surface area contributed by atoms with E-state index >= 15 is 0 Å². The third-order valence-electron chi connectivity index (χ3n) is 3.45. The van der Waals surface area contributed by atoms with Crippen LogP contribution < -0.4 is 5.73 Å². The summed E-state index contributed by atoms with van der Waals surface area (Å²) in [4.78, 5) is 13.8. The van der Waals surface area contributed by atoms with E-state index in [-0.39, 0.29) is 11.8 Å². The first-order valence-electron chi connectivity index (χ1n) is 6.74. The number of piperidine rings is 1. The average molecular weight is 226 g/mol. The van der Waals surface area contributed by atoms with Gasteiger partial charge < -0.3 is 10.6 Å². The molecule has 1 aliphatic heterocycles. The molecule has 1 saturated heterocycles. The highest BCUT2D eigenvalue weighted by atomic mass is 16.1. The molecule has 0 spiro atoms. The Labute approximate surface area is 99.4 Å². The largest absolute Gasteiger partial charge is 0.322 e. The van der Waals surface area contributed by atoms with Crippen LogP contribution in [0.3, 0.4) is 0 Å². The van der Waals surface area contributed by atoms with E-state index < -0.39 is 0 Å². The molecule has 3 heteroatoms. The number of nitrogens with two attached hydrogens (primary N) is 1. The fourth-order valence-corrected chi connectivity index (χ4v) is 2.31. The first kappa shape index (κ1) is 13.7. The Morgan fingerprint density at radius 3 is 2.56 bits per heavy atom. The van der Waals surface area contributed by atoms with Crippen molar-refractivity contribution in [2.45, 2.75) is 57.9 Å². The highest BCUT2D eigenvalue weighted by Crippen LogP contribution is 2.10. The van der Waals surface area contributed by atoms with E-state index in [0.717, 1.165) is 12.8 Å².